The highest BCUT2D eigenvalue weighted by Crippen LogP contribution is 2.37. The Hall–Kier alpha value is -2.77. The number of carbonyl (C=O) groups excluding carboxylic acids is 2. The molecule has 0 aliphatic carbocycles. The molecule has 1 saturated heterocycles. The second kappa shape index (κ2) is 6.68. The van der Waals surface area contributed by atoms with Crippen LogP contribution in [-0.2, 0) is 0 Å². The third kappa shape index (κ3) is 2.62. The Balaban J connectivity index is 1.68. The summed E-state index contributed by atoms with van der Waals surface area (Å²) in [4.78, 5) is 34.1. The van der Waals surface area contributed by atoms with E-state index in [0.29, 0.717) is 16.9 Å². The molecule has 140 valence electrons. The highest BCUT2D eigenvalue weighted by atomic mass is 79.9. The standard InChI is InChI=1S/C21H17BrN4O2/c22-13-4-7-18(24-12-13)26-20(27)15-3-1-2-14-17(25-10-8-23-9-11-25)6-5-16(19(14)15)21(26)28/h1-7,12,23H,8-11H2. The van der Waals surface area contributed by atoms with Gasteiger partial charge in [-0.05, 0) is 46.3 Å². The topological polar surface area (TPSA) is 65.5 Å². The quantitative estimate of drug-likeness (QED) is 0.624. The fourth-order valence-electron chi connectivity index (χ4n) is 3.97. The van der Waals surface area contributed by atoms with Crippen LogP contribution >= 0.6 is 15.9 Å². The van der Waals surface area contributed by atoms with Crippen molar-refractivity contribution in [2.45, 2.75) is 0 Å². The highest BCUT2D eigenvalue weighted by Gasteiger charge is 2.35. The molecule has 1 fully saturated rings. The Kier molecular flexibility index (Phi) is 4.14. The first-order valence-corrected chi connectivity index (χ1v) is 9.96. The molecule has 5 rings (SSSR count). The number of piperazine rings is 1. The van der Waals surface area contributed by atoms with Crippen LogP contribution in [0.15, 0.2) is 53.1 Å². The zero-order chi connectivity index (χ0) is 19.3. The molecule has 2 aliphatic rings. The number of anilines is 2. The monoisotopic (exact) mass is 436 g/mol. The third-order valence-corrected chi connectivity index (χ3v) is 5.75. The van der Waals surface area contributed by atoms with Gasteiger partial charge < -0.3 is 10.2 Å². The molecule has 0 unspecified atom stereocenters. The summed E-state index contributed by atoms with van der Waals surface area (Å²) in [6.07, 6.45) is 1.58. The molecule has 3 heterocycles. The summed E-state index contributed by atoms with van der Waals surface area (Å²) in [6, 6.07) is 12.9. The van der Waals surface area contributed by atoms with Crippen LogP contribution in [0.1, 0.15) is 20.7 Å². The van der Waals surface area contributed by atoms with Gasteiger partial charge in [0.1, 0.15) is 5.82 Å². The minimum atomic E-state index is -0.338. The Labute approximate surface area is 170 Å². The van der Waals surface area contributed by atoms with E-state index < -0.39 is 0 Å². The minimum Gasteiger partial charge on any atom is -0.368 e. The van der Waals surface area contributed by atoms with Crippen LogP contribution in [0.4, 0.5) is 11.5 Å². The molecule has 2 amide bonds. The van der Waals surface area contributed by atoms with Crippen LogP contribution in [0, 0.1) is 0 Å². The molecule has 6 nitrogen and oxygen atoms in total. The van der Waals surface area contributed by atoms with Crippen molar-refractivity contribution in [2.24, 2.45) is 0 Å². The van der Waals surface area contributed by atoms with Gasteiger partial charge in [-0.15, -0.1) is 0 Å². The number of benzene rings is 2. The van der Waals surface area contributed by atoms with Gasteiger partial charge in [0.25, 0.3) is 11.8 Å². The molecule has 0 atom stereocenters. The molecule has 0 bridgehead atoms. The van der Waals surface area contributed by atoms with E-state index >= 15 is 0 Å². The number of nitrogens with zero attached hydrogens (tertiary/aromatic N) is 3. The molecule has 3 aromatic rings. The van der Waals surface area contributed by atoms with Crippen molar-refractivity contribution in [3.63, 3.8) is 0 Å². The van der Waals surface area contributed by atoms with Gasteiger partial charge in [-0.25, -0.2) is 9.88 Å². The fourth-order valence-corrected chi connectivity index (χ4v) is 4.21. The average Bonchev–Trinajstić information content (AvgIpc) is 2.73. The van der Waals surface area contributed by atoms with Crippen molar-refractivity contribution < 1.29 is 9.59 Å². The first-order valence-electron chi connectivity index (χ1n) is 9.17. The number of rotatable bonds is 2. The second-order valence-electron chi connectivity index (χ2n) is 6.88. The maximum atomic E-state index is 13.2. The molecular formula is C21H17BrN4O2. The number of amides is 2. The van der Waals surface area contributed by atoms with Crippen molar-refractivity contribution >= 4 is 50.0 Å². The van der Waals surface area contributed by atoms with Crippen LogP contribution in [-0.4, -0.2) is 43.0 Å². The van der Waals surface area contributed by atoms with E-state index in [1.54, 1.807) is 24.4 Å². The number of hydrogen-bond donors (Lipinski definition) is 1. The number of imide groups is 1. The van der Waals surface area contributed by atoms with Crippen LogP contribution in [0.5, 0.6) is 0 Å². The predicted octanol–water partition coefficient (Wildman–Crippen LogP) is 3.21. The lowest BCUT2D eigenvalue weighted by atomic mass is 9.92. The summed E-state index contributed by atoms with van der Waals surface area (Å²) in [5.41, 5.74) is 2.14. The van der Waals surface area contributed by atoms with E-state index in [-0.39, 0.29) is 11.8 Å². The minimum absolute atomic E-state index is 0.326. The van der Waals surface area contributed by atoms with Gasteiger partial charge in [0.15, 0.2) is 0 Å². The van der Waals surface area contributed by atoms with Crippen molar-refractivity contribution in [1.29, 1.82) is 0 Å². The van der Waals surface area contributed by atoms with Crippen molar-refractivity contribution in [2.75, 3.05) is 36.0 Å². The first kappa shape index (κ1) is 17.3. The zero-order valence-electron chi connectivity index (χ0n) is 15.0. The predicted molar refractivity (Wildman–Crippen MR) is 112 cm³/mol. The summed E-state index contributed by atoms with van der Waals surface area (Å²) in [5.74, 6) is -0.349. The van der Waals surface area contributed by atoms with Gasteiger partial charge in [-0.2, -0.15) is 0 Å². The normalized spacial score (nSPS) is 16.8. The molecule has 1 aromatic heterocycles. The van der Waals surface area contributed by atoms with Crippen LogP contribution in [0.3, 0.4) is 0 Å². The Morgan fingerprint density at radius 3 is 2.39 bits per heavy atom. The maximum Gasteiger partial charge on any atom is 0.267 e. The number of hydrogen-bond acceptors (Lipinski definition) is 5. The van der Waals surface area contributed by atoms with E-state index in [2.05, 4.69) is 31.1 Å². The van der Waals surface area contributed by atoms with E-state index in [0.717, 1.165) is 52.0 Å². The van der Waals surface area contributed by atoms with Crippen molar-refractivity contribution in [3.05, 3.63) is 64.3 Å². The van der Waals surface area contributed by atoms with Crippen molar-refractivity contribution in [3.8, 4) is 0 Å². The van der Waals surface area contributed by atoms with Gasteiger partial charge >= 0.3 is 0 Å². The molecule has 0 saturated carbocycles. The lowest BCUT2D eigenvalue weighted by molar-refractivity contribution is 0.0892. The summed E-state index contributed by atoms with van der Waals surface area (Å²) in [6.45, 7) is 3.64. The molecule has 1 N–H and O–H groups in total. The summed E-state index contributed by atoms with van der Waals surface area (Å²) < 4.78 is 0.788. The van der Waals surface area contributed by atoms with E-state index in [9.17, 15) is 9.59 Å². The average molecular weight is 437 g/mol. The lowest BCUT2D eigenvalue weighted by Gasteiger charge is -2.32. The van der Waals surface area contributed by atoms with E-state index in [1.807, 2.05) is 24.3 Å². The first-order chi connectivity index (χ1) is 13.6. The number of aromatic nitrogens is 1. The van der Waals surface area contributed by atoms with Gasteiger partial charge in [0.2, 0.25) is 0 Å². The largest absolute Gasteiger partial charge is 0.368 e. The maximum absolute atomic E-state index is 13.2. The number of carbonyl (C=O) groups is 2. The smallest absolute Gasteiger partial charge is 0.267 e. The second-order valence-corrected chi connectivity index (χ2v) is 7.79. The summed E-state index contributed by atoms with van der Waals surface area (Å²) >= 11 is 3.33. The molecule has 7 heteroatoms. The van der Waals surface area contributed by atoms with Gasteiger partial charge in [-0.3, -0.25) is 9.59 Å². The van der Waals surface area contributed by atoms with Crippen molar-refractivity contribution in [1.82, 2.24) is 10.3 Å². The Bertz CT molecular complexity index is 1090. The molecule has 0 spiro atoms. The SMILES string of the molecule is O=C1c2cccc3c(N4CCNCC4)ccc(c23)C(=O)N1c1ccc(Br)cn1. The molecule has 2 aliphatic heterocycles. The molecule has 28 heavy (non-hydrogen) atoms. The number of nitrogens with one attached hydrogen (secondary N) is 1. The fraction of sp³-hybridized carbons (Fsp3) is 0.190. The van der Waals surface area contributed by atoms with Gasteiger partial charge in [0, 0.05) is 64.4 Å². The highest BCUT2D eigenvalue weighted by molar-refractivity contribution is 9.10. The number of pyridine rings is 1. The summed E-state index contributed by atoms with van der Waals surface area (Å²) in [5, 5.41) is 5.04. The van der Waals surface area contributed by atoms with Crippen LogP contribution < -0.4 is 15.1 Å². The summed E-state index contributed by atoms with van der Waals surface area (Å²) in [7, 11) is 0. The molecule has 0 radical (unpaired) electrons. The zero-order valence-corrected chi connectivity index (χ0v) is 16.6. The van der Waals surface area contributed by atoms with Gasteiger partial charge in [-0.1, -0.05) is 12.1 Å². The lowest BCUT2D eigenvalue weighted by Crippen LogP contribution is -2.44. The molecule has 2 aromatic carbocycles. The Morgan fingerprint density at radius 1 is 0.929 bits per heavy atom. The van der Waals surface area contributed by atoms with Crippen LogP contribution in [0.25, 0.3) is 10.8 Å². The number of halogens is 1. The van der Waals surface area contributed by atoms with E-state index in [1.165, 1.54) is 0 Å². The van der Waals surface area contributed by atoms with E-state index in [4.69, 9.17) is 0 Å². The van der Waals surface area contributed by atoms with Gasteiger partial charge in [0.05, 0.1) is 0 Å². The Morgan fingerprint density at radius 2 is 1.68 bits per heavy atom. The molecular weight excluding hydrogens is 420 g/mol. The van der Waals surface area contributed by atoms with Crippen LogP contribution in [0.2, 0.25) is 0 Å². The third-order valence-electron chi connectivity index (χ3n) is 5.28.